The van der Waals surface area contributed by atoms with Gasteiger partial charge in [0.2, 0.25) is 5.91 Å². The second-order valence-electron chi connectivity index (χ2n) is 10.5. The minimum absolute atomic E-state index is 0.0915. The molecular formula is C27H43N5O2S. The van der Waals surface area contributed by atoms with Crippen molar-refractivity contribution >= 4 is 40.1 Å². The third kappa shape index (κ3) is 6.93. The molecule has 1 unspecified atom stereocenters. The van der Waals surface area contributed by atoms with E-state index in [1.54, 1.807) is 16.7 Å². The van der Waals surface area contributed by atoms with Crippen LogP contribution in [0.25, 0.3) is 0 Å². The fourth-order valence-electron chi connectivity index (χ4n) is 4.93. The SMILES string of the molecule is CC(C)CC1CN(C)C(=O)N1C.CSC1=Nc2ccc(N3CCN(C(=O)C(C)C)CC3)cc2CC1. The minimum atomic E-state index is 0.0915. The Hall–Kier alpha value is -2.22. The summed E-state index contributed by atoms with van der Waals surface area (Å²) in [5.41, 5.74) is 3.74. The van der Waals surface area contributed by atoms with E-state index in [0.717, 1.165) is 57.7 Å². The predicted octanol–water partition coefficient (Wildman–Crippen LogP) is 4.73. The number of carbonyl (C=O) groups excluding carboxylic acids is 2. The Labute approximate surface area is 215 Å². The zero-order valence-electron chi connectivity index (χ0n) is 22.6. The Kier molecular flexibility index (Phi) is 9.50. The van der Waals surface area contributed by atoms with Crippen LogP contribution in [-0.4, -0.2) is 90.8 Å². The summed E-state index contributed by atoms with van der Waals surface area (Å²) in [6, 6.07) is 7.18. The van der Waals surface area contributed by atoms with E-state index in [9.17, 15) is 9.59 Å². The molecule has 1 aromatic carbocycles. The molecule has 3 heterocycles. The van der Waals surface area contributed by atoms with Crippen LogP contribution in [0.15, 0.2) is 23.2 Å². The van der Waals surface area contributed by atoms with Crippen LogP contribution in [0.4, 0.5) is 16.2 Å². The van der Waals surface area contributed by atoms with Gasteiger partial charge in [-0.3, -0.25) is 4.79 Å². The average molecular weight is 502 g/mol. The molecule has 35 heavy (non-hydrogen) atoms. The summed E-state index contributed by atoms with van der Waals surface area (Å²) in [6.07, 6.45) is 5.33. The molecule has 0 radical (unpaired) electrons. The van der Waals surface area contributed by atoms with Crippen molar-refractivity contribution in [3.8, 4) is 0 Å². The number of benzene rings is 1. The molecule has 0 bridgehead atoms. The van der Waals surface area contributed by atoms with Gasteiger partial charge in [-0.05, 0) is 55.2 Å². The highest BCUT2D eigenvalue weighted by Crippen LogP contribution is 2.32. The lowest BCUT2D eigenvalue weighted by molar-refractivity contribution is -0.134. The van der Waals surface area contributed by atoms with Gasteiger partial charge in [-0.15, -0.1) is 11.8 Å². The quantitative estimate of drug-likeness (QED) is 0.599. The molecule has 0 N–H and O–H groups in total. The Morgan fingerprint density at radius 2 is 1.77 bits per heavy atom. The fourth-order valence-corrected chi connectivity index (χ4v) is 5.42. The fraction of sp³-hybridized carbons (Fsp3) is 0.667. The van der Waals surface area contributed by atoms with Crippen LogP contribution in [0.3, 0.4) is 0 Å². The first-order chi connectivity index (χ1) is 16.6. The van der Waals surface area contributed by atoms with Crippen LogP contribution in [0.5, 0.6) is 0 Å². The van der Waals surface area contributed by atoms with Crippen molar-refractivity contribution in [1.29, 1.82) is 0 Å². The van der Waals surface area contributed by atoms with Gasteiger partial charge in [-0.1, -0.05) is 27.7 Å². The van der Waals surface area contributed by atoms with Crippen molar-refractivity contribution in [1.82, 2.24) is 14.7 Å². The molecule has 7 nitrogen and oxygen atoms in total. The number of carbonyl (C=O) groups is 2. The van der Waals surface area contributed by atoms with Gasteiger partial charge in [0.05, 0.1) is 16.8 Å². The van der Waals surface area contributed by atoms with E-state index >= 15 is 0 Å². The van der Waals surface area contributed by atoms with Gasteiger partial charge >= 0.3 is 6.03 Å². The normalized spacial score (nSPS) is 20.2. The Bertz CT molecular complexity index is 924. The number of aryl methyl sites for hydroxylation is 1. The number of amides is 3. The van der Waals surface area contributed by atoms with Gasteiger partial charge in [-0.25, -0.2) is 9.79 Å². The second kappa shape index (κ2) is 12.2. The molecule has 4 rings (SSSR count). The van der Waals surface area contributed by atoms with Gasteiger partial charge in [0.15, 0.2) is 0 Å². The lowest BCUT2D eigenvalue weighted by Crippen LogP contribution is -2.49. The summed E-state index contributed by atoms with van der Waals surface area (Å²) in [5, 5.41) is 1.23. The number of hydrogen-bond donors (Lipinski definition) is 0. The molecule has 0 saturated carbocycles. The van der Waals surface area contributed by atoms with E-state index in [1.807, 2.05) is 37.7 Å². The molecule has 3 aliphatic rings. The summed E-state index contributed by atoms with van der Waals surface area (Å²) >= 11 is 1.75. The molecule has 2 fully saturated rings. The third-order valence-electron chi connectivity index (χ3n) is 7.01. The highest BCUT2D eigenvalue weighted by Gasteiger charge is 2.32. The molecule has 194 valence electrons. The first kappa shape index (κ1) is 27.4. The monoisotopic (exact) mass is 501 g/mol. The van der Waals surface area contributed by atoms with Crippen LogP contribution in [0.1, 0.15) is 46.1 Å². The standard InChI is InChI=1S/C18H25N3OS.C9H18N2O/c1-13(2)18(22)21-10-8-20(9-11-21)15-5-6-16-14(12-15)4-7-17(19-16)23-3;1-7(2)5-8-6-10(3)9(12)11(8)4/h5-6,12-13H,4,7-11H2,1-3H3;7-8H,5-6H2,1-4H3. The van der Waals surface area contributed by atoms with Crippen molar-refractivity contribution in [3.63, 3.8) is 0 Å². The molecule has 0 aromatic heterocycles. The molecule has 0 spiro atoms. The van der Waals surface area contributed by atoms with E-state index in [4.69, 9.17) is 4.99 Å². The van der Waals surface area contributed by atoms with E-state index < -0.39 is 0 Å². The molecule has 3 aliphatic heterocycles. The summed E-state index contributed by atoms with van der Waals surface area (Å²) in [5.74, 6) is 1.03. The molecule has 1 aromatic rings. The summed E-state index contributed by atoms with van der Waals surface area (Å²) < 4.78 is 0. The number of anilines is 1. The van der Waals surface area contributed by atoms with Crippen molar-refractivity contribution < 1.29 is 9.59 Å². The topological polar surface area (TPSA) is 59.5 Å². The number of piperazine rings is 1. The maximum atomic E-state index is 12.1. The maximum absolute atomic E-state index is 12.1. The van der Waals surface area contributed by atoms with Crippen LogP contribution >= 0.6 is 11.8 Å². The number of hydrogen-bond acceptors (Lipinski definition) is 5. The zero-order valence-corrected chi connectivity index (χ0v) is 23.4. The van der Waals surface area contributed by atoms with E-state index in [0.29, 0.717) is 12.0 Å². The molecule has 1 atom stereocenters. The number of rotatable bonds is 4. The highest BCUT2D eigenvalue weighted by atomic mass is 32.2. The smallest absolute Gasteiger partial charge is 0.319 e. The second-order valence-corrected chi connectivity index (χ2v) is 11.4. The zero-order chi connectivity index (χ0) is 25.7. The van der Waals surface area contributed by atoms with Crippen LogP contribution < -0.4 is 4.90 Å². The summed E-state index contributed by atoms with van der Waals surface area (Å²) in [7, 11) is 3.75. The number of fused-ring (bicyclic) bond motifs is 1. The number of thioether (sulfide) groups is 1. The Morgan fingerprint density at radius 3 is 2.31 bits per heavy atom. The van der Waals surface area contributed by atoms with Crippen LogP contribution in [-0.2, 0) is 11.2 Å². The van der Waals surface area contributed by atoms with Gasteiger partial charge < -0.3 is 19.6 Å². The van der Waals surface area contributed by atoms with E-state index in [2.05, 4.69) is 43.2 Å². The molecule has 0 aliphatic carbocycles. The van der Waals surface area contributed by atoms with Crippen molar-refractivity contribution in [2.24, 2.45) is 16.8 Å². The van der Waals surface area contributed by atoms with Crippen LogP contribution in [0.2, 0.25) is 0 Å². The van der Waals surface area contributed by atoms with E-state index in [-0.39, 0.29) is 17.9 Å². The molecule has 8 heteroatoms. The molecule has 2 saturated heterocycles. The van der Waals surface area contributed by atoms with Gasteiger partial charge in [-0.2, -0.15) is 0 Å². The number of nitrogens with zero attached hydrogens (tertiary/aromatic N) is 5. The van der Waals surface area contributed by atoms with Crippen molar-refractivity contribution in [2.45, 2.75) is 53.0 Å². The van der Waals surface area contributed by atoms with Gasteiger partial charge in [0, 0.05) is 58.4 Å². The van der Waals surface area contributed by atoms with Gasteiger partial charge in [0.1, 0.15) is 0 Å². The Balaban J connectivity index is 0.000000241. The first-order valence-corrected chi connectivity index (χ1v) is 14.1. The maximum Gasteiger partial charge on any atom is 0.319 e. The number of aliphatic imine (C=N–C) groups is 1. The predicted molar refractivity (Wildman–Crippen MR) is 148 cm³/mol. The lowest BCUT2D eigenvalue weighted by Gasteiger charge is -2.37. The molecular weight excluding hydrogens is 458 g/mol. The van der Waals surface area contributed by atoms with Gasteiger partial charge in [0.25, 0.3) is 0 Å². The largest absolute Gasteiger partial charge is 0.368 e. The van der Waals surface area contributed by atoms with Crippen molar-refractivity contribution in [3.05, 3.63) is 23.8 Å². The average Bonchev–Trinajstić information content (AvgIpc) is 3.09. The first-order valence-electron chi connectivity index (χ1n) is 12.9. The summed E-state index contributed by atoms with van der Waals surface area (Å²) in [6.45, 7) is 12.7. The lowest BCUT2D eigenvalue weighted by atomic mass is 10.0. The molecule has 3 amide bonds. The highest BCUT2D eigenvalue weighted by molar-refractivity contribution is 8.13. The third-order valence-corrected chi connectivity index (χ3v) is 7.77. The Morgan fingerprint density at radius 1 is 1.09 bits per heavy atom. The number of urea groups is 1. The minimum Gasteiger partial charge on any atom is -0.368 e. The number of likely N-dealkylation sites (N-methyl/N-ethyl adjacent to an activating group) is 2. The van der Waals surface area contributed by atoms with Crippen molar-refractivity contribution in [2.75, 3.05) is 58.0 Å². The van der Waals surface area contributed by atoms with E-state index in [1.165, 1.54) is 16.3 Å². The van der Waals surface area contributed by atoms with Crippen LogP contribution in [0, 0.1) is 11.8 Å². The summed E-state index contributed by atoms with van der Waals surface area (Å²) in [4.78, 5) is 36.2.